The highest BCUT2D eigenvalue weighted by Gasteiger charge is 2.28. The highest BCUT2D eigenvalue weighted by Crippen LogP contribution is 2.24. The number of amides is 1. The van der Waals surface area contributed by atoms with Gasteiger partial charge in [-0.3, -0.25) is 9.59 Å². The zero-order valence-electron chi connectivity index (χ0n) is 13.5. The number of carbonyl (C=O) groups excluding carboxylic acids is 2. The lowest BCUT2D eigenvalue weighted by Crippen LogP contribution is -2.38. The molecule has 1 aliphatic heterocycles. The van der Waals surface area contributed by atoms with Crippen molar-refractivity contribution >= 4 is 22.0 Å². The minimum atomic E-state index is -3.05. The van der Waals surface area contributed by atoms with Gasteiger partial charge in [0.15, 0.2) is 22.7 Å². The molecule has 1 saturated heterocycles. The van der Waals surface area contributed by atoms with Crippen LogP contribution in [0.4, 0.5) is 0 Å². The molecule has 0 saturated carbocycles. The highest BCUT2D eigenvalue weighted by molar-refractivity contribution is 7.91. The molecule has 1 heterocycles. The molecule has 1 fully saturated rings. The van der Waals surface area contributed by atoms with Crippen LogP contribution in [0.5, 0.6) is 11.5 Å². The summed E-state index contributed by atoms with van der Waals surface area (Å²) in [5, 5.41) is 2.63. The van der Waals surface area contributed by atoms with Crippen molar-refractivity contribution in [2.45, 2.75) is 25.8 Å². The van der Waals surface area contributed by atoms with E-state index in [4.69, 9.17) is 9.47 Å². The van der Waals surface area contributed by atoms with Crippen LogP contribution >= 0.6 is 0 Å². The van der Waals surface area contributed by atoms with Gasteiger partial charge in [-0.05, 0) is 25.0 Å². The van der Waals surface area contributed by atoms with E-state index in [-0.39, 0.29) is 29.9 Å². The van der Waals surface area contributed by atoms with Crippen LogP contribution in [-0.2, 0) is 14.6 Å². The van der Waals surface area contributed by atoms with Gasteiger partial charge in [-0.25, -0.2) is 8.42 Å². The van der Waals surface area contributed by atoms with E-state index in [1.807, 2.05) is 6.92 Å². The van der Waals surface area contributed by atoms with Gasteiger partial charge in [0.1, 0.15) is 11.5 Å². The minimum Gasteiger partial charge on any atom is -0.493 e. The molecular weight excluding hydrogens is 334 g/mol. The van der Waals surface area contributed by atoms with Gasteiger partial charge in [0.25, 0.3) is 5.91 Å². The van der Waals surface area contributed by atoms with Crippen molar-refractivity contribution in [3.63, 3.8) is 0 Å². The second-order valence-corrected chi connectivity index (χ2v) is 7.85. The van der Waals surface area contributed by atoms with E-state index in [0.717, 1.165) is 6.42 Å². The van der Waals surface area contributed by atoms with Gasteiger partial charge in [-0.2, -0.15) is 0 Å². The van der Waals surface area contributed by atoms with Gasteiger partial charge < -0.3 is 14.8 Å². The van der Waals surface area contributed by atoms with E-state index in [1.165, 1.54) is 0 Å². The molecule has 0 radical (unpaired) electrons. The lowest BCUT2D eigenvalue weighted by molar-refractivity contribution is -0.123. The molecule has 7 nitrogen and oxygen atoms in total. The maximum absolute atomic E-state index is 11.9. The molecule has 0 bridgehead atoms. The fraction of sp³-hybridized carbons (Fsp3) is 0.500. The van der Waals surface area contributed by atoms with Gasteiger partial charge in [0.05, 0.1) is 23.7 Å². The first-order chi connectivity index (χ1) is 11.4. The smallest absolute Gasteiger partial charge is 0.258 e. The summed E-state index contributed by atoms with van der Waals surface area (Å²) in [5.74, 6) is 0.435. The van der Waals surface area contributed by atoms with Crippen LogP contribution in [-0.4, -0.2) is 51.4 Å². The third-order valence-corrected chi connectivity index (χ3v) is 5.31. The second kappa shape index (κ2) is 8.14. The van der Waals surface area contributed by atoms with Crippen LogP contribution in [0.25, 0.3) is 0 Å². The molecule has 24 heavy (non-hydrogen) atoms. The molecule has 1 aromatic carbocycles. The Morgan fingerprint density at radius 3 is 2.79 bits per heavy atom. The van der Waals surface area contributed by atoms with Gasteiger partial charge >= 0.3 is 0 Å². The van der Waals surface area contributed by atoms with Crippen molar-refractivity contribution in [2.24, 2.45) is 0 Å². The Bertz CT molecular complexity index is 701. The standard InChI is InChI=1S/C16H21NO6S/c1-2-6-22-14-4-3-12(9-18)15(8-14)23-10-16(19)17-13-5-7-24(20,21)11-13/h3-4,8-9,13H,2,5-7,10-11H2,1H3,(H,17,19)/t13-/m0/s1. The molecule has 1 aliphatic rings. The van der Waals surface area contributed by atoms with Crippen LogP contribution in [0.15, 0.2) is 18.2 Å². The summed E-state index contributed by atoms with van der Waals surface area (Å²) < 4.78 is 33.6. The number of aldehydes is 1. The first kappa shape index (κ1) is 18.3. The largest absolute Gasteiger partial charge is 0.493 e. The van der Waals surface area contributed by atoms with Crippen molar-refractivity contribution in [1.29, 1.82) is 0 Å². The lowest BCUT2D eigenvalue weighted by atomic mass is 10.2. The molecule has 0 spiro atoms. The van der Waals surface area contributed by atoms with Crippen molar-refractivity contribution < 1.29 is 27.5 Å². The second-order valence-electron chi connectivity index (χ2n) is 5.62. The number of ether oxygens (including phenoxy) is 2. The quantitative estimate of drug-likeness (QED) is 0.698. The summed E-state index contributed by atoms with van der Waals surface area (Å²) in [6.07, 6.45) is 1.90. The number of hydrogen-bond donors (Lipinski definition) is 1. The molecule has 0 aliphatic carbocycles. The van der Waals surface area contributed by atoms with Crippen molar-refractivity contribution in [2.75, 3.05) is 24.7 Å². The maximum Gasteiger partial charge on any atom is 0.258 e. The van der Waals surface area contributed by atoms with E-state index in [0.29, 0.717) is 30.6 Å². The van der Waals surface area contributed by atoms with Crippen LogP contribution in [0.1, 0.15) is 30.1 Å². The molecule has 132 valence electrons. The summed E-state index contributed by atoms with van der Waals surface area (Å²) >= 11 is 0. The predicted molar refractivity (Wildman–Crippen MR) is 88.3 cm³/mol. The molecule has 1 atom stereocenters. The van der Waals surface area contributed by atoms with Crippen molar-refractivity contribution in [1.82, 2.24) is 5.32 Å². The number of hydrogen-bond acceptors (Lipinski definition) is 6. The Morgan fingerprint density at radius 1 is 1.38 bits per heavy atom. The highest BCUT2D eigenvalue weighted by atomic mass is 32.2. The Balaban J connectivity index is 1.92. The van der Waals surface area contributed by atoms with E-state index in [2.05, 4.69) is 5.32 Å². The van der Waals surface area contributed by atoms with E-state index < -0.39 is 15.7 Å². The third-order valence-electron chi connectivity index (χ3n) is 3.54. The molecule has 0 unspecified atom stereocenters. The average Bonchev–Trinajstić information content (AvgIpc) is 2.89. The third kappa shape index (κ3) is 5.23. The van der Waals surface area contributed by atoms with Crippen molar-refractivity contribution in [3.05, 3.63) is 23.8 Å². The summed E-state index contributed by atoms with van der Waals surface area (Å²) in [6, 6.07) is 4.41. The fourth-order valence-corrected chi connectivity index (χ4v) is 4.04. The summed E-state index contributed by atoms with van der Waals surface area (Å²) in [6.45, 7) is 2.22. The minimum absolute atomic E-state index is 0.0430. The zero-order valence-corrected chi connectivity index (χ0v) is 14.3. The van der Waals surface area contributed by atoms with Crippen LogP contribution in [0.3, 0.4) is 0 Å². The molecule has 1 N–H and O–H groups in total. The first-order valence-electron chi connectivity index (χ1n) is 7.78. The summed E-state index contributed by atoms with van der Waals surface area (Å²) in [7, 11) is -3.05. The molecule has 0 aromatic heterocycles. The number of nitrogens with one attached hydrogen (secondary N) is 1. The van der Waals surface area contributed by atoms with Crippen LogP contribution in [0.2, 0.25) is 0 Å². The number of rotatable bonds is 8. The number of sulfone groups is 1. The molecule has 8 heteroatoms. The normalized spacial score (nSPS) is 18.8. The maximum atomic E-state index is 11.9. The summed E-state index contributed by atoms with van der Waals surface area (Å²) in [4.78, 5) is 22.9. The monoisotopic (exact) mass is 355 g/mol. The Kier molecular flexibility index (Phi) is 6.19. The molecule has 1 aromatic rings. The average molecular weight is 355 g/mol. The SMILES string of the molecule is CCCOc1ccc(C=O)c(OCC(=O)N[C@H]2CCS(=O)(=O)C2)c1. The van der Waals surface area contributed by atoms with E-state index in [9.17, 15) is 18.0 Å². The van der Waals surface area contributed by atoms with E-state index >= 15 is 0 Å². The zero-order chi connectivity index (χ0) is 17.6. The molecular formula is C16H21NO6S. The van der Waals surface area contributed by atoms with Gasteiger partial charge in [0, 0.05) is 12.1 Å². The van der Waals surface area contributed by atoms with Gasteiger partial charge in [-0.15, -0.1) is 0 Å². The van der Waals surface area contributed by atoms with E-state index in [1.54, 1.807) is 18.2 Å². The van der Waals surface area contributed by atoms with Crippen LogP contribution < -0.4 is 14.8 Å². The van der Waals surface area contributed by atoms with Crippen LogP contribution in [0, 0.1) is 0 Å². The number of benzene rings is 1. The van der Waals surface area contributed by atoms with Crippen molar-refractivity contribution in [3.8, 4) is 11.5 Å². The summed E-state index contributed by atoms with van der Waals surface area (Å²) in [5.41, 5.74) is 0.315. The van der Waals surface area contributed by atoms with Gasteiger partial charge in [-0.1, -0.05) is 6.92 Å². The molecule has 1 amide bonds. The Labute approximate surface area is 141 Å². The topological polar surface area (TPSA) is 98.8 Å². The lowest BCUT2D eigenvalue weighted by Gasteiger charge is -2.13. The fourth-order valence-electron chi connectivity index (χ4n) is 2.37. The number of carbonyl (C=O) groups is 2. The predicted octanol–water partition coefficient (Wildman–Crippen LogP) is 0.970. The Hall–Kier alpha value is -2.09. The Morgan fingerprint density at radius 2 is 2.17 bits per heavy atom. The molecule has 2 rings (SSSR count). The first-order valence-corrected chi connectivity index (χ1v) is 9.60. The van der Waals surface area contributed by atoms with Gasteiger partial charge in [0.2, 0.25) is 0 Å².